The molecular weight excluding hydrogens is 456 g/mol. The number of methoxy groups -OCH3 is 1. The van der Waals surface area contributed by atoms with Crippen molar-refractivity contribution in [1.29, 1.82) is 0 Å². The highest BCUT2D eigenvalue weighted by Gasteiger charge is 2.19. The number of carbonyl (C=O) groups excluding carboxylic acids is 1. The largest absolute Gasteiger partial charge is 0.493 e. The minimum absolute atomic E-state index is 0.312. The Labute approximate surface area is 209 Å². The van der Waals surface area contributed by atoms with Crippen LogP contribution >= 0.6 is 0 Å². The van der Waals surface area contributed by atoms with Gasteiger partial charge in [-0.15, -0.1) is 0 Å². The summed E-state index contributed by atoms with van der Waals surface area (Å²) in [6, 6.07) is 19.6. The lowest BCUT2D eigenvalue weighted by molar-refractivity contribution is 0.252. The first-order valence-corrected chi connectivity index (χ1v) is 11.9. The van der Waals surface area contributed by atoms with Gasteiger partial charge in [0.2, 0.25) is 5.95 Å². The molecule has 9 nitrogen and oxygen atoms in total. The first kappa shape index (κ1) is 23.2. The van der Waals surface area contributed by atoms with Gasteiger partial charge in [0.25, 0.3) is 0 Å². The average Bonchev–Trinajstić information content (AvgIpc) is 3.57. The van der Waals surface area contributed by atoms with Gasteiger partial charge in [-0.2, -0.15) is 5.10 Å². The van der Waals surface area contributed by atoms with Gasteiger partial charge in [0.15, 0.2) is 11.5 Å². The lowest BCUT2D eigenvalue weighted by atomic mass is 10.0. The topological polar surface area (TPSA) is 104 Å². The monoisotopic (exact) mass is 484 g/mol. The Hall–Kier alpha value is -4.53. The molecule has 3 aromatic carbocycles. The number of H-pyrrole nitrogens is 1. The van der Waals surface area contributed by atoms with Crippen LogP contribution in [0, 0.1) is 0 Å². The fourth-order valence-electron chi connectivity index (χ4n) is 4.12. The fourth-order valence-corrected chi connectivity index (χ4v) is 4.12. The van der Waals surface area contributed by atoms with Crippen LogP contribution in [0.2, 0.25) is 0 Å². The molecule has 0 fully saturated rings. The van der Waals surface area contributed by atoms with Crippen LogP contribution in [0.4, 0.5) is 16.4 Å². The summed E-state index contributed by atoms with van der Waals surface area (Å²) >= 11 is 0. The van der Waals surface area contributed by atoms with Crippen molar-refractivity contribution >= 4 is 34.9 Å². The maximum atomic E-state index is 12.0. The van der Waals surface area contributed by atoms with E-state index >= 15 is 0 Å². The molecule has 0 bridgehead atoms. The summed E-state index contributed by atoms with van der Waals surface area (Å²) in [6.45, 7) is 3.59. The number of ether oxygens (including phenoxy) is 2. The van der Waals surface area contributed by atoms with E-state index in [4.69, 9.17) is 9.47 Å². The number of urea groups is 1. The molecule has 1 aliphatic rings. The Morgan fingerprint density at radius 2 is 1.94 bits per heavy atom. The molecule has 3 N–H and O–H groups in total. The number of aromatic nitrogens is 2. The second-order valence-corrected chi connectivity index (χ2v) is 8.31. The Morgan fingerprint density at radius 1 is 1.08 bits per heavy atom. The highest BCUT2D eigenvalue weighted by molar-refractivity contribution is 5.97. The Kier molecular flexibility index (Phi) is 6.70. The number of amides is 2. The van der Waals surface area contributed by atoms with Gasteiger partial charge in [-0.1, -0.05) is 36.4 Å². The van der Waals surface area contributed by atoms with Gasteiger partial charge in [-0.05, 0) is 47.9 Å². The fraction of sp³-hybridized carbons (Fsp3) is 0.222. The van der Waals surface area contributed by atoms with E-state index in [1.54, 1.807) is 7.11 Å². The first-order chi connectivity index (χ1) is 17.6. The van der Waals surface area contributed by atoms with Crippen molar-refractivity contribution in [3.8, 4) is 22.6 Å². The van der Waals surface area contributed by atoms with Gasteiger partial charge in [0, 0.05) is 25.7 Å². The third kappa shape index (κ3) is 4.95. The van der Waals surface area contributed by atoms with Gasteiger partial charge in [-0.25, -0.2) is 9.78 Å². The number of rotatable bonds is 8. The summed E-state index contributed by atoms with van der Waals surface area (Å²) in [6.07, 6.45) is 2.76. The first-order valence-electron chi connectivity index (χ1n) is 11.9. The standard InChI is InChI=1S/C27H28N6O3/c1-3-28-27(34)32-26-30-21-14-20(15-22(25(21)31-26)33-13-7-12-29-33)19-10-11-23(35-2)24(16-19)36-17-18-8-5-4-6-9-18/h4-6,8-12,14-16H,3,7,13,17H2,1-2H3,(H3,28,30,31,32,34). The number of nitrogens with zero attached hydrogens (tertiary/aromatic N) is 3. The second-order valence-electron chi connectivity index (χ2n) is 8.31. The minimum atomic E-state index is -0.312. The maximum Gasteiger partial charge on any atom is 0.321 e. The molecule has 0 spiro atoms. The quantitative estimate of drug-likeness (QED) is 0.321. The van der Waals surface area contributed by atoms with Crippen LogP contribution in [0.25, 0.3) is 22.2 Å². The molecule has 2 amide bonds. The SMILES string of the molecule is CCNC(=O)Nc1nc2cc(-c3ccc(OC)c(OCc4ccccc4)c3)cc(N3CCC=N3)c2[nH]1. The summed E-state index contributed by atoms with van der Waals surface area (Å²) in [7, 11) is 1.63. The molecule has 1 aromatic heterocycles. The van der Waals surface area contributed by atoms with E-state index in [1.165, 1.54) is 0 Å². The van der Waals surface area contributed by atoms with E-state index in [0.717, 1.165) is 46.4 Å². The van der Waals surface area contributed by atoms with Crippen molar-refractivity contribution in [2.75, 3.05) is 30.5 Å². The van der Waals surface area contributed by atoms with Crippen molar-refractivity contribution in [2.45, 2.75) is 20.0 Å². The third-order valence-electron chi connectivity index (χ3n) is 5.84. The van der Waals surface area contributed by atoms with Crippen molar-refractivity contribution in [3.63, 3.8) is 0 Å². The number of aromatic amines is 1. The molecule has 0 saturated carbocycles. The average molecular weight is 485 g/mol. The van der Waals surface area contributed by atoms with Gasteiger partial charge in [0.05, 0.1) is 23.8 Å². The highest BCUT2D eigenvalue weighted by atomic mass is 16.5. The van der Waals surface area contributed by atoms with Crippen LogP contribution in [0.1, 0.15) is 18.9 Å². The molecule has 5 rings (SSSR count). The number of hydrogen-bond donors (Lipinski definition) is 3. The van der Waals surface area contributed by atoms with E-state index in [0.29, 0.717) is 30.6 Å². The summed E-state index contributed by atoms with van der Waals surface area (Å²) in [4.78, 5) is 19.9. The van der Waals surface area contributed by atoms with Gasteiger partial charge in [-0.3, -0.25) is 10.3 Å². The maximum absolute atomic E-state index is 12.0. The predicted molar refractivity (Wildman–Crippen MR) is 142 cm³/mol. The molecule has 0 unspecified atom stereocenters. The molecule has 36 heavy (non-hydrogen) atoms. The number of fused-ring (bicyclic) bond motifs is 1. The summed E-state index contributed by atoms with van der Waals surface area (Å²) in [5, 5.41) is 11.9. The van der Waals surface area contributed by atoms with Crippen LogP contribution < -0.4 is 25.1 Å². The molecule has 4 aromatic rings. The Bertz CT molecular complexity index is 1400. The van der Waals surface area contributed by atoms with Crippen LogP contribution in [0.3, 0.4) is 0 Å². The molecule has 0 radical (unpaired) electrons. The zero-order chi connectivity index (χ0) is 24.9. The highest BCUT2D eigenvalue weighted by Crippen LogP contribution is 2.37. The smallest absolute Gasteiger partial charge is 0.321 e. The number of imidazole rings is 1. The summed E-state index contributed by atoms with van der Waals surface area (Å²) < 4.78 is 11.7. The van der Waals surface area contributed by atoms with Crippen LogP contribution in [0.5, 0.6) is 11.5 Å². The molecule has 9 heteroatoms. The normalized spacial score (nSPS) is 12.7. The molecule has 0 aliphatic carbocycles. The zero-order valence-electron chi connectivity index (χ0n) is 20.2. The van der Waals surface area contributed by atoms with Gasteiger partial charge < -0.3 is 19.8 Å². The lowest BCUT2D eigenvalue weighted by Gasteiger charge is -2.17. The molecular formula is C27H28N6O3. The van der Waals surface area contributed by atoms with E-state index in [2.05, 4.69) is 31.8 Å². The van der Waals surface area contributed by atoms with Crippen LogP contribution in [-0.2, 0) is 6.61 Å². The van der Waals surface area contributed by atoms with E-state index < -0.39 is 0 Å². The Balaban J connectivity index is 1.52. The van der Waals surface area contributed by atoms with E-state index in [1.807, 2.05) is 72.7 Å². The zero-order valence-corrected chi connectivity index (χ0v) is 20.2. The van der Waals surface area contributed by atoms with Crippen molar-refractivity contribution in [3.05, 3.63) is 66.2 Å². The number of hydrazone groups is 1. The van der Waals surface area contributed by atoms with Gasteiger partial charge >= 0.3 is 6.03 Å². The number of benzene rings is 3. The van der Waals surface area contributed by atoms with Gasteiger partial charge in [0.1, 0.15) is 6.61 Å². The second kappa shape index (κ2) is 10.4. The van der Waals surface area contributed by atoms with Crippen molar-refractivity contribution in [2.24, 2.45) is 5.10 Å². The van der Waals surface area contributed by atoms with Crippen LogP contribution in [0.15, 0.2) is 65.8 Å². The molecule has 1 aliphatic heterocycles. The molecule has 0 saturated heterocycles. The predicted octanol–water partition coefficient (Wildman–Crippen LogP) is 5.15. The third-order valence-corrected chi connectivity index (χ3v) is 5.84. The van der Waals surface area contributed by atoms with E-state index in [-0.39, 0.29) is 6.03 Å². The van der Waals surface area contributed by atoms with Crippen molar-refractivity contribution in [1.82, 2.24) is 15.3 Å². The minimum Gasteiger partial charge on any atom is -0.493 e. The van der Waals surface area contributed by atoms with E-state index in [9.17, 15) is 4.79 Å². The molecule has 184 valence electrons. The lowest BCUT2D eigenvalue weighted by Crippen LogP contribution is -2.28. The van der Waals surface area contributed by atoms with Crippen LogP contribution in [-0.4, -0.2) is 42.4 Å². The summed E-state index contributed by atoms with van der Waals surface area (Å²) in [5.74, 6) is 1.69. The molecule has 2 heterocycles. The molecule has 0 atom stereocenters. The number of carbonyl (C=O) groups is 1. The number of nitrogens with one attached hydrogen (secondary N) is 3. The Morgan fingerprint density at radius 3 is 2.69 bits per heavy atom. The number of hydrogen-bond acceptors (Lipinski definition) is 6. The number of anilines is 2. The van der Waals surface area contributed by atoms with Crippen molar-refractivity contribution < 1.29 is 14.3 Å². The summed E-state index contributed by atoms with van der Waals surface area (Å²) in [5.41, 5.74) is 5.38.